The molecule has 6 aromatic rings. The molecule has 0 radical (unpaired) electrons. The van der Waals surface area contributed by atoms with E-state index < -0.39 is 0 Å². The van der Waals surface area contributed by atoms with Crippen LogP contribution in [-0.2, 0) is 6.54 Å². The zero-order valence-electron chi connectivity index (χ0n) is 17.6. The Kier molecular flexibility index (Phi) is 4.54. The lowest BCUT2D eigenvalue weighted by molar-refractivity contribution is -0.666. The number of benzene rings is 5. The minimum atomic E-state index is 0.739. The molecule has 0 spiro atoms. The van der Waals surface area contributed by atoms with Crippen LogP contribution in [0.2, 0.25) is 0 Å². The zero-order chi connectivity index (χ0) is 21.3. The van der Waals surface area contributed by atoms with E-state index in [0.29, 0.717) is 0 Å². The Morgan fingerprint density at radius 3 is 2.03 bits per heavy atom. The molecule has 0 unspecified atom stereocenters. The van der Waals surface area contributed by atoms with Crippen LogP contribution in [0.15, 0.2) is 121 Å². The van der Waals surface area contributed by atoms with Gasteiger partial charge in [0.25, 0.3) is 0 Å². The van der Waals surface area contributed by atoms with Gasteiger partial charge in [-0.3, -0.25) is 0 Å². The van der Waals surface area contributed by atoms with Crippen molar-refractivity contribution in [1.82, 2.24) is 0 Å². The first-order valence-corrected chi connectivity index (χ1v) is 10.9. The Hall–Kier alpha value is -4.17. The summed E-state index contributed by atoms with van der Waals surface area (Å²) in [5.41, 5.74) is 2.39. The van der Waals surface area contributed by atoms with Crippen molar-refractivity contribution in [3.63, 3.8) is 0 Å². The van der Waals surface area contributed by atoms with Crippen LogP contribution < -0.4 is 9.30 Å². The van der Waals surface area contributed by atoms with E-state index in [9.17, 15) is 0 Å². The molecule has 0 amide bonds. The van der Waals surface area contributed by atoms with Gasteiger partial charge in [-0.25, -0.2) is 0 Å². The molecule has 1 heterocycles. The maximum absolute atomic E-state index is 6.67. The lowest BCUT2D eigenvalue weighted by Crippen LogP contribution is -2.36. The number of nitrogens with zero attached hydrogens (tertiary/aromatic N) is 1. The molecule has 2 heteroatoms. The van der Waals surface area contributed by atoms with Crippen molar-refractivity contribution in [3.05, 3.63) is 127 Å². The Balaban J connectivity index is 1.55. The molecule has 0 bridgehead atoms. The van der Waals surface area contributed by atoms with E-state index in [1.165, 1.54) is 27.1 Å². The van der Waals surface area contributed by atoms with Gasteiger partial charge >= 0.3 is 5.88 Å². The summed E-state index contributed by atoms with van der Waals surface area (Å²) in [5, 5.41) is 5.93. The largest absolute Gasteiger partial charge is 0.404 e. The van der Waals surface area contributed by atoms with Crippen LogP contribution in [-0.4, -0.2) is 0 Å². The predicted octanol–water partition coefficient (Wildman–Crippen LogP) is 7.27. The molecular weight excluding hydrogens is 390 g/mol. The van der Waals surface area contributed by atoms with Crippen LogP contribution in [0.3, 0.4) is 0 Å². The minimum Gasteiger partial charge on any atom is -0.404 e. The summed E-state index contributed by atoms with van der Waals surface area (Å²) in [5.74, 6) is 1.70. The van der Waals surface area contributed by atoms with E-state index in [4.69, 9.17) is 4.74 Å². The third-order valence-electron chi connectivity index (χ3n) is 6.03. The first kappa shape index (κ1) is 18.6. The van der Waals surface area contributed by atoms with E-state index in [1.54, 1.807) is 0 Å². The van der Waals surface area contributed by atoms with Gasteiger partial charge in [-0.2, -0.15) is 4.57 Å². The molecule has 0 N–H and O–H groups in total. The fourth-order valence-electron chi connectivity index (χ4n) is 4.48. The molecule has 0 saturated heterocycles. The maximum Gasteiger partial charge on any atom is 0.374 e. The predicted molar refractivity (Wildman–Crippen MR) is 131 cm³/mol. The van der Waals surface area contributed by atoms with Gasteiger partial charge in [0.1, 0.15) is 5.75 Å². The second kappa shape index (κ2) is 7.82. The normalized spacial score (nSPS) is 11.2. The van der Waals surface area contributed by atoms with Gasteiger partial charge in [-0.05, 0) is 34.4 Å². The van der Waals surface area contributed by atoms with Crippen molar-refractivity contribution in [3.8, 4) is 11.6 Å². The molecular formula is C30H22NO+. The summed E-state index contributed by atoms with van der Waals surface area (Å²) in [6, 6.07) is 42.3. The van der Waals surface area contributed by atoms with Crippen molar-refractivity contribution < 1.29 is 9.30 Å². The number of fused-ring (bicyclic) bond motifs is 4. The Morgan fingerprint density at radius 2 is 1.19 bits per heavy atom. The molecule has 0 aliphatic heterocycles. The van der Waals surface area contributed by atoms with Gasteiger partial charge in [0.2, 0.25) is 5.52 Å². The van der Waals surface area contributed by atoms with Gasteiger partial charge in [-0.15, -0.1) is 0 Å². The third kappa shape index (κ3) is 3.27. The van der Waals surface area contributed by atoms with Gasteiger partial charge in [0.15, 0.2) is 6.54 Å². The molecule has 0 saturated carbocycles. The van der Waals surface area contributed by atoms with Crippen molar-refractivity contribution in [2.45, 2.75) is 6.54 Å². The number of ether oxygens (including phenoxy) is 1. The van der Waals surface area contributed by atoms with Crippen LogP contribution in [0.5, 0.6) is 11.6 Å². The van der Waals surface area contributed by atoms with Gasteiger partial charge < -0.3 is 4.74 Å². The highest BCUT2D eigenvalue weighted by molar-refractivity contribution is 6.10. The summed E-state index contributed by atoms with van der Waals surface area (Å²) < 4.78 is 8.93. The fourth-order valence-corrected chi connectivity index (χ4v) is 4.48. The van der Waals surface area contributed by atoms with Crippen molar-refractivity contribution in [2.24, 2.45) is 0 Å². The van der Waals surface area contributed by atoms with Crippen molar-refractivity contribution >= 4 is 32.4 Å². The van der Waals surface area contributed by atoms with Crippen LogP contribution >= 0.6 is 0 Å². The molecule has 2 nitrogen and oxygen atoms in total. The summed E-state index contributed by atoms with van der Waals surface area (Å²) in [7, 11) is 0. The number of hydrogen-bond acceptors (Lipinski definition) is 1. The molecule has 1 aromatic heterocycles. The lowest BCUT2D eigenvalue weighted by atomic mass is 10.0. The fraction of sp³-hybridized carbons (Fsp3) is 0.0333. The highest BCUT2D eigenvalue weighted by Gasteiger charge is 2.19. The van der Waals surface area contributed by atoms with Crippen LogP contribution in [0.25, 0.3) is 32.4 Å². The average molecular weight is 413 g/mol. The molecule has 6 rings (SSSR count). The van der Waals surface area contributed by atoms with E-state index in [2.05, 4.69) is 126 Å². The quantitative estimate of drug-likeness (QED) is 0.219. The van der Waals surface area contributed by atoms with Crippen molar-refractivity contribution in [2.75, 3.05) is 0 Å². The molecule has 0 aliphatic carbocycles. The molecule has 0 fully saturated rings. The number of aromatic nitrogens is 1. The minimum absolute atomic E-state index is 0.739. The van der Waals surface area contributed by atoms with Crippen molar-refractivity contribution in [1.29, 1.82) is 0 Å². The van der Waals surface area contributed by atoms with Crippen LogP contribution in [0.4, 0.5) is 0 Å². The summed E-state index contributed by atoms with van der Waals surface area (Å²) in [6.45, 7) is 0.739. The smallest absolute Gasteiger partial charge is 0.374 e. The van der Waals surface area contributed by atoms with E-state index >= 15 is 0 Å². The zero-order valence-corrected chi connectivity index (χ0v) is 17.6. The summed E-state index contributed by atoms with van der Waals surface area (Å²) >= 11 is 0. The number of pyridine rings is 1. The second-order valence-electron chi connectivity index (χ2n) is 8.05. The van der Waals surface area contributed by atoms with Gasteiger partial charge in [0, 0.05) is 22.4 Å². The highest BCUT2D eigenvalue weighted by atomic mass is 16.5. The SMILES string of the molecule is c1ccc(C[n+]2c(Oc3cc4ccccc4c4ccccc34)ccc3ccccc32)cc1. The Morgan fingerprint density at radius 1 is 0.531 bits per heavy atom. The van der Waals surface area contributed by atoms with Gasteiger partial charge in [-0.1, -0.05) is 91.0 Å². The lowest BCUT2D eigenvalue weighted by Gasteiger charge is -2.12. The maximum atomic E-state index is 6.67. The van der Waals surface area contributed by atoms with Gasteiger partial charge in [0.05, 0.1) is 6.07 Å². The topological polar surface area (TPSA) is 13.1 Å². The van der Waals surface area contributed by atoms with E-state index in [1.807, 2.05) is 0 Å². The molecule has 0 aliphatic rings. The monoisotopic (exact) mass is 412 g/mol. The summed E-state index contributed by atoms with van der Waals surface area (Å²) in [4.78, 5) is 0. The Bertz CT molecular complexity index is 1570. The first-order chi connectivity index (χ1) is 15.9. The standard InChI is InChI=1S/C30H22NO/c1-2-10-22(11-3-1)21-31-28-17-9-5-12-23(28)18-19-30(31)32-29-20-24-13-4-6-14-25(24)26-15-7-8-16-27(26)29/h1-20H,21H2/q+1. The van der Waals surface area contributed by atoms with Crippen LogP contribution in [0, 0.1) is 0 Å². The molecule has 0 atom stereocenters. The number of hydrogen-bond donors (Lipinski definition) is 0. The summed E-state index contributed by atoms with van der Waals surface area (Å²) in [6.07, 6.45) is 0. The van der Waals surface area contributed by atoms with E-state index in [0.717, 1.165) is 29.1 Å². The molecule has 32 heavy (non-hydrogen) atoms. The molecule has 152 valence electrons. The number of rotatable bonds is 4. The highest BCUT2D eigenvalue weighted by Crippen LogP contribution is 2.35. The second-order valence-corrected chi connectivity index (χ2v) is 8.05. The average Bonchev–Trinajstić information content (AvgIpc) is 2.86. The van der Waals surface area contributed by atoms with Crippen LogP contribution in [0.1, 0.15) is 5.56 Å². The Labute approximate surface area is 186 Å². The molecule has 5 aromatic carbocycles. The third-order valence-corrected chi connectivity index (χ3v) is 6.03. The number of para-hydroxylation sites is 1. The van der Waals surface area contributed by atoms with E-state index in [-0.39, 0.29) is 0 Å². The first-order valence-electron chi connectivity index (χ1n) is 10.9.